The lowest BCUT2D eigenvalue weighted by molar-refractivity contribution is -0.154. The molecule has 6 heteroatoms. The fourth-order valence-electron chi connectivity index (χ4n) is 7.05. The molecule has 0 aliphatic heterocycles. The first-order valence-corrected chi connectivity index (χ1v) is 11.1. The second-order valence-corrected chi connectivity index (χ2v) is 10.3. The van der Waals surface area contributed by atoms with Crippen LogP contribution in [0.15, 0.2) is 11.6 Å². The van der Waals surface area contributed by atoms with Gasteiger partial charge in [0.15, 0.2) is 0 Å². The molecule has 3 saturated carbocycles. The first kappa shape index (κ1) is 20.6. The molecule has 0 radical (unpaired) electrons. The molecule has 29 heavy (non-hydrogen) atoms. The summed E-state index contributed by atoms with van der Waals surface area (Å²) in [6.45, 7) is 4.59. The predicted molar refractivity (Wildman–Crippen MR) is 108 cm³/mol. The van der Waals surface area contributed by atoms with Crippen molar-refractivity contribution in [3.63, 3.8) is 0 Å². The highest BCUT2D eigenvalue weighted by Crippen LogP contribution is 2.64. The van der Waals surface area contributed by atoms with Gasteiger partial charge in [-0.3, -0.25) is 14.4 Å². The van der Waals surface area contributed by atoms with Gasteiger partial charge in [0.05, 0.1) is 6.42 Å². The highest BCUT2D eigenvalue weighted by atomic mass is 16.5. The highest BCUT2D eigenvalue weighted by molar-refractivity contribution is 5.87. The third-order valence-corrected chi connectivity index (χ3v) is 8.77. The van der Waals surface area contributed by atoms with Gasteiger partial charge in [0.2, 0.25) is 5.91 Å². The zero-order valence-corrected chi connectivity index (χ0v) is 17.6. The Morgan fingerprint density at radius 1 is 1.17 bits per heavy atom. The molecule has 3 fully saturated rings. The Bertz CT molecular complexity index is 762. The SMILES string of the molecule is C[C@]12CCC(OC(=O)C(N)CC(N)=O)CC1=CCC1C2CC[C@]2(C)C(=O)CCC12. The summed E-state index contributed by atoms with van der Waals surface area (Å²) in [5, 5.41) is 0. The van der Waals surface area contributed by atoms with Crippen LogP contribution < -0.4 is 11.5 Å². The van der Waals surface area contributed by atoms with Crippen LogP contribution in [0, 0.1) is 28.6 Å². The summed E-state index contributed by atoms with van der Waals surface area (Å²) >= 11 is 0. The van der Waals surface area contributed by atoms with Gasteiger partial charge in [0.25, 0.3) is 0 Å². The first-order valence-electron chi connectivity index (χ1n) is 11.1. The smallest absolute Gasteiger partial charge is 0.323 e. The number of carbonyl (C=O) groups excluding carboxylic acids is 3. The maximum absolute atomic E-state index is 12.5. The van der Waals surface area contributed by atoms with Crippen molar-refractivity contribution in [3.8, 4) is 0 Å². The lowest BCUT2D eigenvalue weighted by Crippen LogP contribution is -2.51. The van der Waals surface area contributed by atoms with E-state index >= 15 is 0 Å². The standard InChI is InChI=1S/C23H34N2O4/c1-22-9-7-14(29-21(28)18(24)12-20(25)27)11-13(22)3-4-15-16-5-6-19(26)23(16,2)10-8-17(15)22/h3,14-18H,4-12,24H2,1-2H3,(H2,25,27)/t14?,15?,16?,17?,18?,22-,23-/m0/s1. The molecule has 4 aliphatic carbocycles. The van der Waals surface area contributed by atoms with Crippen LogP contribution in [0.25, 0.3) is 0 Å². The molecular formula is C23H34N2O4. The van der Waals surface area contributed by atoms with Crippen molar-refractivity contribution in [1.82, 2.24) is 0 Å². The Hall–Kier alpha value is -1.69. The molecule has 0 bridgehead atoms. The minimum atomic E-state index is -0.985. The fourth-order valence-corrected chi connectivity index (χ4v) is 7.05. The van der Waals surface area contributed by atoms with E-state index in [4.69, 9.17) is 16.2 Å². The van der Waals surface area contributed by atoms with E-state index in [2.05, 4.69) is 19.9 Å². The molecular weight excluding hydrogens is 368 g/mol. The molecule has 5 unspecified atom stereocenters. The van der Waals surface area contributed by atoms with Crippen molar-refractivity contribution < 1.29 is 19.1 Å². The van der Waals surface area contributed by atoms with Gasteiger partial charge in [-0.25, -0.2) is 0 Å². The van der Waals surface area contributed by atoms with E-state index in [0.29, 0.717) is 23.5 Å². The molecule has 1 amide bonds. The summed E-state index contributed by atoms with van der Waals surface area (Å²) < 4.78 is 5.63. The van der Waals surface area contributed by atoms with Crippen LogP contribution in [0.5, 0.6) is 0 Å². The fraction of sp³-hybridized carbons (Fsp3) is 0.783. The first-order chi connectivity index (χ1) is 13.6. The van der Waals surface area contributed by atoms with E-state index in [0.717, 1.165) is 51.4 Å². The van der Waals surface area contributed by atoms with Crippen LogP contribution in [-0.2, 0) is 19.1 Å². The van der Waals surface area contributed by atoms with Crippen LogP contribution in [-0.4, -0.2) is 29.8 Å². The minimum Gasteiger partial charge on any atom is -0.461 e. The van der Waals surface area contributed by atoms with Crippen LogP contribution in [0.2, 0.25) is 0 Å². The second-order valence-electron chi connectivity index (χ2n) is 10.3. The Morgan fingerprint density at radius 2 is 1.86 bits per heavy atom. The number of rotatable bonds is 4. The Kier molecular flexibility index (Phi) is 5.12. The van der Waals surface area contributed by atoms with Crippen LogP contribution >= 0.6 is 0 Å². The van der Waals surface area contributed by atoms with Crippen LogP contribution in [0.3, 0.4) is 0 Å². The maximum atomic E-state index is 12.5. The summed E-state index contributed by atoms with van der Waals surface area (Å²) in [5.74, 6) is 1.07. The molecule has 4 N–H and O–H groups in total. The average molecular weight is 403 g/mol. The van der Waals surface area contributed by atoms with Gasteiger partial charge in [-0.15, -0.1) is 0 Å². The van der Waals surface area contributed by atoms with Gasteiger partial charge >= 0.3 is 5.97 Å². The maximum Gasteiger partial charge on any atom is 0.323 e. The number of primary amides is 1. The van der Waals surface area contributed by atoms with Crippen molar-refractivity contribution in [2.24, 2.45) is 40.1 Å². The van der Waals surface area contributed by atoms with Gasteiger partial charge in [-0.1, -0.05) is 25.5 Å². The van der Waals surface area contributed by atoms with Gasteiger partial charge in [-0.05, 0) is 61.7 Å². The quantitative estimate of drug-likeness (QED) is 0.554. The van der Waals surface area contributed by atoms with E-state index in [9.17, 15) is 14.4 Å². The molecule has 6 nitrogen and oxygen atoms in total. The number of carbonyl (C=O) groups is 3. The third kappa shape index (κ3) is 3.33. The molecule has 0 heterocycles. The normalized spacial score (nSPS) is 42.2. The lowest BCUT2D eigenvalue weighted by atomic mass is 9.48. The molecule has 0 aromatic heterocycles. The van der Waals surface area contributed by atoms with Gasteiger partial charge in [0, 0.05) is 18.3 Å². The Morgan fingerprint density at radius 3 is 2.59 bits per heavy atom. The third-order valence-electron chi connectivity index (χ3n) is 8.77. The van der Waals surface area contributed by atoms with E-state index < -0.39 is 17.9 Å². The molecule has 4 rings (SSSR count). The number of hydrogen-bond donors (Lipinski definition) is 2. The molecule has 0 aromatic carbocycles. The number of allylic oxidation sites excluding steroid dienone is 1. The number of hydrogen-bond acceptors (Lipinski definition) is 5. The molecule has 0 spiro atoms. The summed E-state index contributed by atoms with van der Waals surface area (Å²) in [6.07, 6.45) is 9.52. The number of nitrogens with two attached hydrogens (primary N) is 2. The molecule has 7 atom stereocenters. The Balaban J connectivity index is 1.46. The minimum absolute atomic E-state index is 0.105. The van der Waals surface area contributed by atoms with Gasteiger partial charge < -0.3 is 16.2 Å². The second kappa shape index (κ2) is 7.22. The zero-order valence-electron chi connectivity index (χ0n) is 17.6. The summed E-state index contributed by atoms with van der Waals surface area (Å²) in [6, 6.07) is -0.985. The van der Waals surface area contributed by atoms with Crippen LogP contribution in [0.1, 0.15) is 71.6 Å². The number of amides is 1. The van der Waals surface area contributed by atoms with E-state index in [1.807, 2.05) is 0 Å². The summed E-state index contributed by atoms with van der Waals surface area (Å²) in [7, 11) is 0. The van der Waals surface area contributed by atoms with Crippen LogP contribution in [0.4, 0.5) is 0 Å². The molecule has 0 aromatic rings. The number of Topliss-reactive ketones (excluding diaryl/α,β-unsaturated/α-hetero) is 1. The van der Waals surface area contributed by atoms with Gasteiger partial charge in [0.1, 0.15) is 17.9 Å². The Labute approximate surface area is 172 Å². The van der Waals surface area contributed by atoms with E-state index in [1.165, 1.54) is 5.57 Å². The van der Waals surface area contributed by atoms with Crippen molar-refractivity contribution in [2.75, 3.05) is 0 Å². The van der Waals surface area contributed by atoms with Gasteiger partial charge in [-0.2, -0.15) is 0 Å². The monoisotopic (exact) mass is 402 g/mol. The number of ketones is 1. The molecule has 160 valence electrons. The zero-order chi connectivity index (χ0) is 21.0. The predicted octanol–water partition coefficient (Wildman–Crippen LogP) is 2.63. The largest absolute Gasteiger partial charge is 0.461 e. The molecule has 0 saturated heterocycles. The number of fused-ring (bicyclic) bond motifs is 5. The summed E-state index contributed by atoms with van der Waals surface area (Å²) in [5.41, 5.74) is 12.3. The van der Waals surface area contributed by atoms with Crippen molar-refractivity contribution in [3.05, 3.63) is 11.6 Å². The van der Waals surface area contributed by atoms with Crippen molar-refractivity contribution >= 4 is 17.7 Å². The van der Waals surface area contributed by atoms with E-state index in [-0.39, 0.29) is 23.4 Å². The summed E-state index contributed by atoms with van der Waals surface area (Å²) in [4.78, 5) is 35.7. The highest BCUT2D eigenvalue weighted by Gasteiger charge is 2.58. The molecule has 4 aliphatic rings. The average Bonchev–Trinajstić information content (AvgIpc) is 2.96. The van der Waals surface area contributed by atoms with Crippen molar-refractivity contribution in [2.45, 2.75) is 83.8 Å². The van der Waals surface area contributed by atoms with Crippen molar-refractivity contribution in [1.29, 1.82) is 0 Å². The number of ether oxygens (including phenoxy) is 1. The lowest BCUT2D eigenvalue weighted by Gasteiger charge is -2.56. The number of esters is 1. The topological polar surface area (TPSA) is 112 Å². The van der Waals surface area contributed by atoms with E-state index in [1.54, 1.807) is 0 Å².